The first kappa shape index (κ1) is 15.2. The Labute approximate surface area is 116 Å². The smallest absolute Gasteiger partial charge is 0.373 e. The molecule has 0 aliphatic rings. The predicted octanol–water partition coefficient (Wildman–Crippen LogP) is 1.70. The number of carbonyl (C=O) groups excluding carboxylic acids is 1. The Balaban J connectivity index is 3.04. The first-order chi connectivity index (χ1) is 9.01. The fourth-order valence-electron chi connectivity index (χ4n) is 1.23. The maximum atomic E-state index is 11.2. The number of nitrogens with zero attached hydrogens (tertiary/aromatic N) is 2. The molecule has 8 nitrogen and oxygen atoms in total. The van der Waals surface area contributed by atoms with E-state index in [2.05, 4.69) is 25.7 Å². The number of halogens is 1. The number of aromatic nitrogens is 1. The van der Waals surface area contributed by atoms with Crippen molar-refractivity contribution in [1.82, 2.24) is 4.98 Å². The highest BCUT2D eigenvalue weighted by Crippen LogP contribution is 2.40. The maximum Gasteiger partial charge on any atom is 0.373 e. The quantitative estimate of drug-likeness (QED) is 0.443. The number of hydrogen-bond donors (Lipinski definition) is 0. The highest BCUT2D eigenvalue weighted by atomic mass is 79.9. The predicted molar refractivity (Wildman–Crippen MR) is 67.3 cm³/mol. The van der Waals surface area contributed by atoms with Gasteiger partial charge in [-0.3, -0.25) is 10.1 Å². The van der Waals surface area contributed by atoms with Gasteiger partial charge in [-0.1, -0.05) is 0 Å². The minimum atomic E-state index is -0.697. The molecule has 0 bridgehead atoms. The summed E-state index contributed by atoms with van der Waals surface area (Å²) in [6, 6.07) is 0. The van der Waals surface area contributed by atoms with Crippen LogP contribution in [-0.4, -0.2) is 36.2 Å². The maximum absolute atomic E-state index is 11.2. The number of ether oxygens (including phenoxy) is 3. The van der Waals surface area contributed by atoms with E-state index in [1.807, 2.05) is 0 Å². The second-order valence-corrected chi connectivity index (χ2v) is 4.00. The van der Waals surface area contributed by atoms with E-state index in [1.165, 1.54) is 13.3 Å². The molecule has 0 aromatic carbocycles. The fourth-order valence-corrected chi connectivity index (χ4v) is 1.63. The lowest BCUT2D eigenvalue weighted by molar-refractivity contribution is -0.387. The summed E-state index contributed by atoms with van der Waals surface area (Å²) in [7, 11) is 1.25. The lowest BCUT2D eigenvalue weighted by Crippen LogP contribution is -2.15. The number of pyridine rings is 1. The van der Waals surface area contributed by atoms with E-state index in [4.69, 9.17) is 9.47 Å². The van der Waals surface area contributed by atoms with Gasteiger partial charge in [-0.05, 0) is 22.9 Å². The summed E-state index contributed by atoms with van der Waals surface area (Å²) in [5, 5.41) is 11.0. The molecule has 1 aromatic rings. The summed E-state index contributed by atoms with van der Waals surface area (Å²) < 4.78 is 14.8. The van der Waals surface area contributed by atoms with Crippen LogP contribution in [0.25, 0.3) is 0 Å². The lowest BCUT2D eigenvalue weighted by atomic mass is 10.3. The Kier molecular flexibility index (Phi) is 5.49. The van der Waals surface area contributed by atoms with E-state index in [9.17, 15) is 14.9 Å². The molecule has 104 valence electrons. The zero-order valence-corrected chi connectivity index (χ0v) is 11.8. The van der Waals surface area contributed by atoms with Crippen LogP contribution in [0.4, 0.5) is 5.69 Å². The van der Waals surface area contributed by atoms with Crippen molar-refractivity contribution in [2.45, 2.75) is 6.92 Å². The van der Waals surface area contributed by atoms with Gasteiger partial charge in [-0.15, -0.1) is 0 Å². The highest BCUT2D eigenvalue weighted by molar-refractivity contribution is 9.10. The molecule has 1 aromatic heterocycles. The van der Waals surface area contributed by atoms with Gasteiger partial charge in [0.2, 0.25) is 5.75 Å². The van der Waals surface area contributed by atoms with Crippen LogP contribution in [0.2, 0.25) is 0 Å². The molecule has 0 saturated heterocycles. The second-order valence-electron chi connectivity index (χ2n) is 3.14. The van der Waals surface area contributed by atoms with Gasteiger partial charge in [-0.25, -0.2) is 9.78 Å². The minimum absolute atomic E-state index is 0.134. The zero-order chi connectivity index (χ0) is 14.4. The van der Waals surface area contributed by atoms with Crippen LogP contribution in [-0.2, 0) is 9.53 Å². The van der Waals surface area contributed by atoms with Crippen LogP contribution in [0.5, 0.6) is 11.6 Å². The van der Waals surface area contributed by atoms with Crippen molar-refractivity contribution in [2.75, 3.05) is 20.3 Å². The van der Waals surface area contributed by atoms with Crippen molar-refractivity contribution in [3.63, 3.8) is 0 Å². The van der Waals surface area contributed by atoms with Crippen molar-refractivity contribution in [1.29, 1.82) is 0 Å². The first-order valence-corrected chi connectivity index (χ1v) is 5.95. The normalized spacial score (nSPS) is 9.84. The third-order valence-electron chi connectivity index (χ3n) is 1.95. The summed E-state index contributed by atoms with van der Waals surface area (Å²) in [4.78, 5) is 25.2. The summed E-state index contributed by atoms with van der Waals surface area (Å²) in [5.74, 6) is -0.962. The summed E-state index contributed by atoms with van der Waals surface area (Å²) in [6.07, 6.45) is 1.28. The molecule has 1 rings (SSSR count). The molecule has 0 fully saturated rings. The molecule has 0 amide bonds. The summed E-state index contributed by atoms with van der Waals surface area (Å²) >= 11 is 3.07. The number of nitro groups is 1. The van der Waals surface area contributed by atoms with Crippen molar-refractivity contribution in [3.8, 4) is 11.6 Å². The van der Waals surface area contributed by atoms with Crippen molar-refractivity contribution < 1.29 is 23.9 Å². The third-order valence-corrected chi connectivity index (χ3v) is 2.51. The number of hydrogen-bond acceptors (Lipinski definition) is 7. The topological polar surface area (TPSA) is 101 Å². The molecule has 0 atom stereocenters. The molecule has 0 unspecified atom stereocenters. The molecular formula is C10H11BrN2O6. The van der Waals surface area contributed by atoms with Gasteiger partial charge < -0.3 is 14.2 Å². The Hall–Kier alpha value is -1.90. The van der Waals surface area contributed by atoms with E-state index in [-0.39, 0.29) is 22.7 Å². The van der Waals surface area contributed by atoms with Crippen molar-refractivity contribution in [2.24, 2.45) is 0 Å². The average molecular weight is 335 g/mol. The molecule has 9 heteroatoms. The van der Waals surface area contributed by atoms with E-state index in [1.54, 1.807) is 6.92 Å². The molecule has 0 N–H and O–H groups in total. The van der Waals surface area contributed by atoms with Gasteiger partial charge in [0.25, 0.3) is 5.88 Å². The van der Waals surface area contributed by atoms with E-state index >= 15 is 0 Å². The Morgan fingerprint density at radius 3 is 2.79 bits per heavy atom. The SMILES string of the molecule is CCOC(=O)COc1c(Br)cnc(OC)c1[N+](=O)[O-]. The number of rotatable bonds is 6. The molecule has 19 heavy (non-hydrogen) atoms. The van der Waals surface area contributed by atoms with E-state index < -0.39 is 23.2 Å². The Bertz CT molecular complexity index is 493. The Morgan fingerprint density at radius 1 is 1.58 bits per heavy atom. The van der Waals surface area contributed by atoms with E-state index in [0.29, 0.717) is 0 Å². The van der Waals surface area contributed by atoms with Crippen LogP contribution in [0, 0.1) is 10.1 Å². The van der Waals surface area contributed by atoms with Crippen LogP contribution in [0.1, 0.15) is 6.92 Å². The summed E-state index contributed by atoms with van der Waals surface area (Å²) in [6.45, 7) is 1.40. The molecule has 0 aliphatic heterocycles. The Morgan fingerprint density at radius 2 is 2.26 bits per heavy atom. The summed E-state index contributed by atoms with van der Waals surface area (Å²) in [5.41, 5.74) is -0.457. The average Bonchev–Trinajstić information content (AvgIpc) is 2.37. The molecule has 0 spiro atoms. The molecular weight excluding hydrogens is 324 g/mol. The minimum Gasteiger partial charge on any atom is -0.476 e. The molecule has 0 aliphatic carbocycles. The van der Waals surface area contributed by atoms with Crippen LogP contribution in [0.3, 0.4) is 0 Å². The number of methoxy groups -OCH3 is 1. The third kappa shape index (κ3) is 3.78. The molecule has 0 radical (unpaired) electrons. The van der Waals surface area contributed by atoms with Gasteiger partial charge in [0.15, 0.2) is 6.61 Å². The number of carbonyl (C=O) groups is 1. The van der Waals surface area contributed by atoms with Crippen molar-refractivity contribution >= 4 is 27.6 Å². The van der Waals surface area contributed by atoms with Gasteiger partial charge in [0.05, 0.1) is 23.1 Å². The standard InChI is InChI=1S/C10H11BrN2O6/c1-3-18-7(14)5-19-9-6(11)4-12-10(17-2)8(9)13(15)16/h4H,3,5H2,1-2H3. The zero-order valence-electron chi connectivity index (χ0n) is 10.2. The van der Waals surface area contributed by atoms with Crippen LogP contribution in [0.15, 0.2) is 10.7 Å². The van der Waals surface area contributed by atoms with Gasteiger partial charge in [0, 0.05) is 6.20 Å². The largest absolute Gasteiger partial charge is 0.476 e. The van der Waals surface area contributed by atoms with E-state index in [0.717, 1.165) is 0 Å². The highest BCUT2D eigenvalue weighted by Gasteiger charge is 2.27. The monoisotopic (exact) mass is 334 g/mol. The first-order valence-electron chi connectivity index (χ1n) is 5.16. The second kappa shape index (κ2) is 6.88. The molecule has 1 heterocycles. The van der Waals surface area contributed by atoms with Crippen LogP contribution < -0.4 is 9.47 Å². The lowest BCUT2D eigenvalue weighted by Gasteiger charge is -2.09. The van der Waals surface area contributed by atoms with Crippen molar-refractivity contribution in [3.05, 3.63) is 20.8 Å². The van der Waals surface area contributed by atoms with Gasteiger partial charge in [-0.2, -0.15) is 0 Å². The van der Waals surface area contributed by atoms with Gasteiger partial charge >= 0.3 is 11.7 Å². The van der Waals surface area contributed by atoms with Crippen LogP contribution >= 0.6 is 15.9 Å². The fraction of sp³-hybridized carbons (Fsp3) is 0.400. The number of esters is 1. The molecule has 0 saturated carbocycles. The van der Waals surface area contributed by atoms with Gasteiger partial charge in [0.1, 0.15) is 0 Å².